The van der Waals surface area contributed by atoms with Crippen molar-refractivity contribution < 1.29 is 18.7 Å². The second kappa shape index (κ2) is 8.22. The molecular weight excluding hydrogens is 356 g/mol. The molecular formula is C19H15ClN2O4. The van der Waals surface area contributed by atoms with E-state index in [1.54, 1.807) is 42.6 Å². The van der Waals surface area contributed by atoms with E-state index in [2.05, 4.69) is 10.5 Å². The average molecular weight is 371 g/mol. The number of hydrazone groups is 1. The van der Waals surface area contributed by atoms with E-state index in [0.29, 0.717) is 10.8 Å². The van der Waals surface area contributed by atoms with Gasteiger partial charge >= 0.3 is 5.97 Å². The maximum atomic E-state index is 12.0. The lowest BCUT2D eigenvalue weighted by Gasteiger charge is -2.09. The van der Waals surface area contributed by atoms with Crippen LogP contribution in [0.1, 0.15) is 16.1 Å². The Kier molecular flexibility index (Phi) is 5.56. The number of ether oxygens (including phenoxy) is 2. The molecule has 0 fully saturated rings. The zero-order valence-electron chi connectivity index (χ0n) is 13.8. The maximum absolute atomic E-state index is 12.0. The van der Waals surface area contributed by atoms with Crippen LogP contribution in [-0.2, 0) is 0 Å². The number of halogens is 1. The Labute approximate surface area is 155 Å². The van der Waals surface area contributed by atoms with Crippen LogP contribution >= 0.6 is 11.6 Å². The largest absolute Gasteiger partial charge is 0.493 e. The van der Waals surface area contributed by atoms with Gasteiger partial charge in [0.15, 0.2) is 11.5 Å². The van der Waals surface area contributed by atoms with Crippen LogP contribution in [0.5, 0.6) is 11.5 Å². The van der Waals surface area contributed by atoms with Gasteiger partial charge in [-0.25, -0.2) is 4.79 Å². The Bertz CT molecular complexity index is 906. The lowest BCUT2D eigenvalue weighted by atomic mass is 10.2. The van der Waals surface area contributed by atoms with Crippen molar-refractivity contribution in [3.05, 3.63) is 77.2 Å². The van der Waals surface area contributed by atoms with E-state index < -0.39 is 5.97 Å². The number of hydrogen-bond acceptors (Lipinski definition) is 6. The molecule has 7 heteroatoms. The van der Waals surface area contributed by atoms with Gasteiger partial charge in [-0.1, -0.05) is 11.6 Å². The molecule has 0 atom stereocenters. The first-order valence-electron chi connectivity index (χ1n) is 7.64. The molecule has 1 heterocycles. The summed E-state index contributed by atoms with van der Waals surface area (Å²) in [4.78, 5) is 12.0. The molecule has 0 bridgehead atoms. The first-order chi connectivity index (χ1) is 12.7. The van der Waals surface area contributed by atoms with Crippen LogP contribution in [0.2, 0.25) is 5.02 Å². The Balaban J connectivity index is 1.68. The van der Waals surface area contributed by atoms with Crippen molar-refractivity contribution in [1.29, 1.82) is 0 Å². The lowest BCUT2D eigenvalue weighted by molar-refractivity contribution is 0.0696. The first-order valence-corrected chi connectivity index (χ1v) is 8.02. The van der Waals surface area contributed by atoms with Gasteiger partial charge in [-0.3, -0.25) is 5.43 Å². The Morgan fingerprint density at radius 3 is 2.65 bits per heavy atom. The highest BCUT2D eigenvalue weighted by Gasteiger charge is 2.14. The fraction of sp³-hybridized carbons (Fsp3) is 0.0526. The van der Waals surface area contributed by atoms with E-state index in [1.165, 1.54) is 19.4 Å². The van der Waals surface area contributed by atoms with Crippen molar-refractivity contribution in [3.63, 3.8) is 0 Å². The zero-order valence-corrected chi connectivity index (χ0v) is 14.6. The Hall–Kier alpha value is -3.25. The minimum atomic E-state index is -0.598. The SMILES string of the molecule is COc1cc(/C=N/Nc2ccc(Cl)cc2)ccc1OC(=O)c1ccco1. The number of methoxy groups -OCH3 is 1. The van der Waals surface area contributed by atoms with Crippen molar-refractivity contribution >= 4 is 29.5 Å². The molecule has 6 nitrogen and oxygen atoms in total. The molecule has 26 heavy (non-hydrogen) atoms. The number of hydrogen-bond donors (Lipinski definition) is 1. The van der Waals surface area contributed by atoms with Crippen LogP contribution in [0.3, 0.4) is 0 Å². The third-order valence-corrected chi connectivity index (χ3v) is 3.62. The average Bonchev–Trinajstić information content (AvgIpc) is 3.19. The quantitative estimate of drug-likeness (QED) is 0.297. The highest BCUT2D eigenvalue weighted by atomic mass is 35.5. The van der Waals surface area contributed by atoms with Crippen molar-refractivity contribution in [2.24, 2.45) is 5.10 Å². The first kappa shape index (κ1) is 17.6. The number of benzene rings is 2. The molecule has 0 aliphatic heterocycles. The monoisotopic (exact) mass is 370 g/mol. The minimum Gasteiger partial charge on any atom is -0.493 e. The summed E-state index contributed by atoms with van der Waals surface area (Å²) in [5.41, 5.74) is 4.47. The zero-order chi connectivity index (χ0) is 18.4. The number of esters is 1. The summed E-state index contributed by atoms with van der Waals surface area (Å²) in [5, 5.41) is 4.81. The van der Waals surface area contributed by atoms with Gasteiger partial charge in [0.25, 0.3) is 0 Å². The summed E-state index contributed by atoms with van der Waals surface area (Å²) in [5.74, 6) is 0.209. The number of rotatable bonds is 6. The van der Waals surface area contributed by atoms with Gasteiger partial charge in [0.05, 0.1) is 25.3 Å². The van der Waals surface area contributed by atoms with E-state index in [4.69, 9.17) is 25.5 Å². The highest BCUT2D eigenvalue weighted by Crippen LogP contribution is 2.28. The van der Waals surface area contributed by atoms with Crippen molar-refractivity contribution in [2.75, 3.05) is 12.5 Å². The molecule has 0 aliphatic rings. The molecule has 0 spiro atoms. The third-order valence-electron chi connectivity index (χ3n) is 3.36. The molecule has 2 aromatic carbocycles. The van der Waals surface area contributed by atoms with Crippen LogP contribution in [0.4, 0.5) is 5.69 Å². The molecule has 132 valence electrons. The summed E-state index contributed by atoms with van der Waals surface area (Å²) < 4.78 is 15.6. The summed E-state index contributed by atoms with van der Waals surface area (Å²) in [6.45, 7) is 0. The number of carbonyl (C=O) groups is 1. The molecule has 1 aromatic heterocycles. The summed E-state index contributed by atoms with van der Waals surface area (Å²) in [6, 6.07) is 15.4. The predicted octanol–water partition coefficient (Wildman–Crippen LogP) is 4.61. The van der Waals surface area contributed by atoms with E-state index in [-0.39, 0.29) is 11.5 Å². The highest BCUT2D eigenvalue weighted by molar-refractivity contribution is 6.30. The molecule has 3 rings (SSSR count). The van der Waals surface area contributed by atoms with Gasteiger partial charge in [-0.05, 0) is 60.2 Å². The molecule has 0 saturated carbocycles. The van der Waals surface area contributed by atoms with Gasteiger partial charge < -0.3 is 13.9 Å². The van der Waals surface area contributed by atoms with E-state index in [0.717, 1.165) is 11.3 Å². The fourth-order valence-corrected chi connectivity index (χ4v) is 2.23. The van der Waals surface area contributed by atoms with Crippen molar-refractivity contribution in [2.45, 2.75) is 0 Å². The summed E-state index contributed by atoms with van der Waals surface area (Å²) in [7, 11) is 1.49. The topological polar surface area (TPSA) is 73.1 Å². The standard InChI is InChI=1S/C19H15ClN2O4/c1-24-18-11-13(12-21-22-15-7-5-14(20)6-8-15)4-9-16(18)26-19(23)17-3-2-10-25-17/h2-12,22H,1H3/b21-12+. The fourth-order valence-electron chi connectivity index (χ4n) is 2.10. The maximum Gasteiger partial charge on any atom is 0.379 e. The number of carbonyl (C=O) groups excluding carboxylic acids is 1. The van der Waals surface area contributed by atoms with Crippen LogP contribution in [-0.4, -0.2) is 19.3 Å². The smallest absolute Gasteiger partial charge is 0.379 e. The molecule has 1 N–H and O–H groups in total. The van der Waals surface area contributed by atoms with Crippen LogP contribution in [0.15, 0.2) is 70.4 Å². The lowest BCUT2D eigenvalue weighted by Crippen LogP contribution is -2.08. The number of nitrogens with zero attached hydrogens (tertiary/aromatic N) is 1. The Morgan fingerprint density at radius 1 is 1.15 bits per heavy atom. The van der Waals surface area contributed by atoms with E-state index in [1.807, 2.05) is 12.1 Å². The molecule has 3 aromatic rings. The number of furan rings is 1. The number of nitrogens with one attached hydrogen (secondary N) is 1. The van der Waals surface area contributed by atoms with Gasteiger partial charge in [0.1, 0.15) is 0 Å². The predicted molar refractivity (Wildman–Crippen MR) is 99.3 cm³/mol. The van der Waals surface area contributed by atoms with E-state index >= 15 is 0 Å². The third kappa shape index (κ3) is 4.43. The van der Waals surface area contributed by atoms with Crippen LogP contribution in [0, 0.1) is 0 Å². The van der Waals surface area contributed by atoms with Crippen LogP contribution < -0.4 is 14.9 Å². The normalized spacial score (nSPS) is 10.7. The van der Waals surface area contributed by atoms with Gasteiger partial charge in [-0.2, -0.15) is 5.10 Å². The van der Waals surface area contributed by atoms with Gasteiger partial charge in [-0.15, -0.1) is 0 Å². The summed E-state index contributed by atoms with van der Waals surface area (Å²) in [6.07, 6.45) is 3.02. The number of anilines is 1. The van der Waals surface area contributed by atoms with Crippen molar-refractivity contribution in [1.82, 2.24) is 0 Å². The molecule has 0 aliphatic carbocycles. The molecule has 0 radical (unpaired) electrons. The molecule has 0 saturated heterocycles. The van der Waals surface area contributed by atoms with Gasteiger partial charge in [0, 0.05) is 5.02 Å². The van der Waals surface area contributed by atoms with Crippen molar-refractivity contribution in [3.8, 4) is 11.5 Å². The molecule has 0 amide bonds. The van der Waals surface area contributed by atoms with E-state index in [9.17, 15) is 4.79 Å². The molecule has 0 unspecified atom stereocenters. The second-order valence-electron chi connectivity index (χ2n) is 5.15. The second-order valence-corrected chi connectivity index (χ2v) is 5.59. The van der Waals surface area contributed by atoms with Crippen LogP contribution in [0.25, 0.3) is 0 Å². The Morgan fingerprint density at radius 2 is 1.96 bits per heavy atom. The summed E-state index contributed by atoms with van der Waals surface area (Å²) >= 11 is 5.84. The minimum absolute atomic E-state index is 0.116. The van der Waals surface area contributed by atoms with Gasteiger partial charge in [0.2, 0.25) is 5.76 Å².